The van der Waals surface area contributed by atoms with Crippen molar-refractivity contribution in [2.45, 2.75) is 25.9 Å². The van der Waals surface area contributed by atoms with Crippen molar-refractivity contribution in [3.05, 3.63) is 58.0 Å². The minimum Gasteiger partial charge on any atom is -0.408 e. The van der Waals surface area contributed by atoms with Gasteiger partial charge in [0.05, 0.1) is 16.9 Å². The van der Waals surface area contributed by atoms with Gasteiger partial charge in [0.15, 0.2) is 5.58 Å². The van der Waals surface area contributed by atoms with Crippen LogP contribution in [0.1, 0.15) is 13.3 Å². The van der Waals surface area contributed by atoms with E-state index in [9.17, 15) is 14.4 Å². The summed E-state index contributed by atoms with van der Waals surface area (Å²) in [7, 11) is 0. The van der Waals surface area contributed by atoms with Crippen molar-refractivity contribution >= 4 is 45.9 Å². The number of nitrogens with one attached hydrogen (secondary N) is 1. The Morgan fingerprint density at radius 2 is 2.04 bits per heavy atom. The second-order valence-corrected chi connectivity index (χ2v) is 6.88. The molecule has 0 saturated heterocycles. The summed E-state index contributed by atoms with van der Waals surface area (Å²) in [6.45, 7) is 1.59. The number of hydrogen-bond donors (Lipinski definition) is 1. The molecule has 1 aliphatic rings. The summed E-state index contributed by atoms with van der Waals surface area (Å²) in [5.41, 5.74) is 1.98. The third kappa shape index (κ3) is 3.10. The molecule has 0 bridgehead atoms. The number of carbonyl (C=O) groups is 2. The number of hydrogen-bond acceptors (Lipinski definition) is 4. The van der Waals surface area contributed by atoms with Crippen LogP contribution in [0.25, 0.3) is 11.1 Å². The lowest BCUT2D eigenvalue weighted by Gasteiger charge is -2.27. The van der Waals surface area contributed by atoms with E-state index < -0.39 is 5.76 Å². The van der Waals surface area contributed by atoms with Crippen molar-refractivity contribution in [1.82, 2.24) is 4.57 Å². The van der Waals surface area contributed by atoms with Gasteiger partial charge in [-0.25, -0.2) is 4.79 Å². The lowest BCUT2D eigenvalue weighted by molar-refractivity contribution is -0.119. The first kappa shape index (κ1) is 17.4. The molecule has 1 unspecified atom stereocenters. The first-order valence-corrected chi connectivity index (χ1v) is 8.81. The van der Waals surface area contributed by atoms with Crippen molar-refractivity contribution in [3.8, 4) is 0 Å². The molecule has 0 radical (unpaired) electrons. The van der Waals surface area contributed by atoms with Gasteiger partial charge in [-0.1, -0.05) is 23.7 Å². The second kappa shape index (κ2) is 6.59. The predicted molar refractivity (Wildman–Crippen MR) is 102 cm³/mol. The number of rotatable bonds is 2. The van der Waals surface area contributed by atoms with Crippen LogP contribution in [0.4, 0.5) is 11.4 Å². The molecule has 2 heterocycles. The fourth-order valence-electron chi connectivity index (χ4n) is 3.37. The third-order valence-electron chi connectivity index (χ3n) is 4.55. The molecule has 4 rings (SSSR count). The van der Waals surface area contributed by atoms with E-state index in [1.165, 1.54) is 10.6 Å². The Balaban J connectivity index is 1.74. The van der Waals surface area contributed by atoms with Crippen LogP contribution in [0.3, 0.4) is 0 Å². The fraction of sp³-hybridized carbons (Fsp3) is 0.211. The lowest BCUT2D eigenvalue weighted by Crippen LogP contribution is -2.42. The van der Waals surface area contributed by atoms with E-state index in [-0.39, 0.29) is 30.8 Å². The van der Waals surface area contributed by atoms with Crippen LogP contribution in [0.15, 0.2) is 51.7 Å². The molecule has 2 aromatic carbocycles. The van der Waals surface area contributed by atoms with E-state index in [0.717, 1.165) is 0 Å². The minimum atomic E-state index is -0.634. The molecule has 2 amide bonds. The Kier molecular flexibility index (Phi) is 4.24. The SMILES string of the molecule is CC1CC(=O)Nc2ccccc2N1C(=O)Cn1c(=O)oc2cc(Cl)ccc21. The maximum absolute atomic E-state index is 13.1. The number of benzene rings is 2. The number of aromatic nitrogens is 1. The van der Waals surface area contributed by atoms with Crippen LogP contribution in [0, 0.1) is 0 Å². The van der Waals surface area contributed by atoms with E-state index in [2.05, 4.69) is 5.32 Å². The topological polar surface area (TPSA) is 84.5 Å². The van der Waals surface area contributed by atoms with Gasteiger partial charge < -0.3 is 14.6 Å². The van der Waals surface area contributed by atoms with E-state index in [0.29, 0.717) is 27.5 Å². The zero-order valence-electron chi connectivity index (χ0n) is 14.4. The number of fused-ring (bicyclic) bond motifs is 2. The monoisotopic (exact) mass is 385 g/mol. The van der Waals surface area contributed by atoms with Crippen LogP contribution in [0.5, 0.6) is 0 Å². The Morgan fingerprint density at radius 3 is 2.85 bits per heavy atom. The Morgan fingerprint density at radius 1 is 1.26 bits per heavy atom. The van der Waals surface area contributed by atoms with Crippen molar-refractivity contribution in [1.29, 1.82) is 0 Å². The molecule has 1 aliphatic heterocycles. The van der Waals surface area contributed by atoms with Gasteiger partial charge in [0, 0.05) is 23.6 Å². The fourth-order valence-corrected chi connectivity index (χ4v) is 3.53. The molecule has 0 spiro atoms. The molecular weight excluding hydrogens is 370 g/mol. The normalized spacial score (nSPS) is 16.7. The van der Waals surface area contributed by atoms with Crippen molar-refractivity contribution < 1.29 is 14.0 Å². The molecule has 3 aromatic rings. The highest BCUT2D eigenvalue weighted by atomic mass is 35.5. The van der Waals surface area contributed by atoms with Gasteiger partial charge in [-0.2, -0.15) is 0 Å². The highest BCUT2D eigenvalue weighted by Crippen LogP contribution is 2.31. The van der Waals surface area contributed by atoms with Crippen LogP contribution >= 0.6 is 11.6 Å². The first-order valence-electron chi connectivity index (χ1n) is 8.44. The number of para-hydroxylation sites is 2. The summed E-state index contributed by atoms with van der Waals surface area (Å²) < 4.78 is 6.46. The molecule has 1 atom stereocenters. The van der Waals surface area contributed by atoms with Crippen molar-refractivity contribution in [3.63, 3.8) is 0 Å². The number of nitrogens with zero attached hydrogens (tertiary/aromatic N) is 2. The minimum absolute atomic E-state index is 0.161. The maximum atomic E-state index is 13.1. The average Bonchev–Trinajstić information content (AvgIpc) is 2.83. The van der Waals surface area contributed by atoms with Crippen LogP contribution in [0.2, 0.25) is 5.02 Å². The summed E-state index contributed by atoms with van der Waals surface area (Å²) in [4.78, 5) is 39.0. The molecule has 0 aliphatic carbocycles. The summed E-state index contributed by atoms with van der Waals surface area (Å²) in [6.07, 6.45) is 0.164. The van der Waals surface area contributed by atoms with Crippen LogP contribution in [-0.4, -0.2) is 22.4 Å². The molecule has 138 valence electrons. The first-order chi connectivity index (χ1) is 12.9. The molecule has 8 heteroatoms. The van der Waals surface area contributed by atoms with Gasteiger partial charge in [0.25, 0.3) is 0 Å². The van der Waals surface area contributed by atoms with Crippen molar-refractivity contribution in [2.24, 2.45) is 0 Å². The molecule has 0 saturated carbocycles. The lowest BCUT2D eigenvalue weighted by atomic mass is 10.1. The Hall–Kier alpha value is -3.06. The molecule has 27 heavy (non-hydrogen) atoms. The molecule has 0 fully saturated rings. The number of oxazole rings is 1. The number of halogens is 1. The van der Waals surface area contributed by atoms with Gasteiger partial charge in [-0.15, -0.1) is 0 Å². The number of amides is 2. The van der Waals surface area contributed by atoms with Gasteiger partial charge in [0.1, 0.15) is 6.54 Å². The average molecular weight is 386 g/mol. The van der Waals surface area contributed by atoms with E-state index in [4.69, 9.17) is 16.0 Å². The van der Waals surface area contributed by atoms with Crippen molar-refractivity contribution in [2.75, 3.05) is 10.2 Å². The highest BCUT2D eigenvalue weighted by molar-refractivity contribution is 6.31. The van der Waals surface area contributed by atoms with Gasteiger partial charge in [-0.05, 0) is 31.2 Å². The van der Waals surface area contributed by atoms with E-state index >= 15 is 0 Å². The zero-order chi connectivity index (χ0) is 19.1. The van der Waals surface area contributed by atoms with E-state index in [1.807, 2.05) is 0 Å². The highest BCUT2D eigenvalue weighted by Gasteiger charge is 2.30. The quantitative estimate of drug-likeness (QED) is 0.734. The van der Waals surface area contributed by atoms with Crippen LogP contribution < -0.4 is 16.0 Å². The zero-order valence-corrected chi connectivity index (χ0v) is 15.2. The second-order valence-electron chi connectivity index (χ2n) is 6.45. The van der Waals surface area contributed by atoms with Crippen LogP contribution in [-0.2, 0) is 16.1 Å². The predicted octanol–water partition coefficient (Wildman–Crippen LogP) is 3.01. The van der Waals surface area contributed by atoms with E-state index in [1.54, 1.807) is 48.2 Å². The maximum Gasteiger partial charge on any atom is 0.420 e. The summed E-state index contributed by atoms with van der Waals surface area (Å²) in [5.74, 6) is -1.11. The largest absolute Gasteiger partial charge is 0.420 e. The summed E-state index contributed by atoms with van der Waals surface area (Å²) in [6, 6.07) is 11.5. The molecule has 1 aromatic heterocycles. The standard InChI is InChI=1S/C19H16ClN3O4/c1-11-8-17(24)21-13-4-2-3-5-14(13)23(11)18(25)10-22-15-7-6-12(20)9-16(15)27-19(22)26/h2-7,9,11H,8,10H2,1H3,(H,21,24). The van der Waals surface area contributed by atoms with Gasteiger partial charge in [-0.3, -0.25) is 14.2 Å². The smallest absolute Gasteiger partial charge is 0.408 e. The Bertz CT molecular complexity index is 1120. The third-order valence-corrected chi connectivity index (χ3v) is 4.79. The summed E-state index contributed by atoms with van der Waals surface area (Å²) in [5, 5.41) is 3.25. The van der Waals surface area contributed by atoms with Gasteiger partial charge >= 0.3 is 5.76 Å². The molecule has 7 nitrogen and oxygen atoms in total. The molecule has 1 N–H and O–H groups in total. The Labute approximate surface area is 159 Å². The number of carbonyl (C=O) groups excluding carboxylic acids is 2. The summed E-state index contributed by atoms with van der Waals surface area (Å²) >= 11 is 5.93. The van der Waals surface area contributed by atoms with Gasteiger partial charge in [0.2, 0.25) is 11.8 Å². The number of anilines is 2. The molecular formula is C19H16ClN3O4.